The maximum absolute atomic E-state index is 11.8. The Morgan fingerprint density at radius 1 is 1.53 bits per heavy atom. The number of amides is 1. The summed E-state index contributed by atoms with van der Waals surface area (Å²) in [5, 5.41) is 3.32. The zero-order chi connectivity index (χ0) is 13.1. The average Bonchev–Trinajstić information content (AvgIpc) is 2.25. The molecule has 0 aliphatic rings. The summed E-state index contributed by atoms with van der Waals surface area (Å²) in [6, 6.07) is 6.77. The number of benzene rings is 1. The smallest absolute Gasteiger partial charge is 0.251 e. The Morgan fingerprint density at radius 3 is 2.71 bits per heavy atom. The maximum Gasteiger partial charge on any atom is 0.251 e. The SMILES string of the molecule is CC(C)(CNC(=O)c1cccc(Cl)c1)C(N)=S. The highest BCUT2D eigenvalue weighted by Gasteiger charge is 2.22. The van der Waals surface area contributed by atoms with Crippen molar-refractivity contribution in [3.63, 3.8) is 0 Å². The van der Waals surface area contributed by atoms with E-state index < -0.39 is 5.41 Å². The fourth-order valence-corrected chi connectivity index (χ4v) is 1.38. The van der Waals surface area contributed by atoms with Crippen LogP contribution in [-0.2, 0) is 0 Å². The molecule has 0 aliphatic carbocycles. The largest absolute Gasteiger partial charge is 0.393 e. The van der Waals surface area contributed by atoms with Gasteiger partial charge in [0.2, 0.25) is 0 Å². The maximum atomic E-state index is 11.8. The van der Waals surface area contributed by atoms with Crippen LogP contribution in [0, 0.1) is 5.41 Å². The van der Waals surface area contributed by atoms with Crippen molar-refractivity contribution in [1.29, 1.82) is 0 Å². The molecule has 17 heavy (non-hydrogen) atoms. The molecule has 5 heteroatoms. The third-order valence-corrected chi connectivity index (χ3v) is 3.23. The Morgan fingerprint density at radius 2 is 2.18 bits per heavy atom. The van der Waals surface area contributed by atoms with Crippen molar-refractivity contribution >= 4 is 34.7 Å². The highest BCUT2D eigenvalue weighted by molar-refractivity contribution is 7.80. The summed E-state index contributed by atoms with van der Waals surface area (Å²) in [6.07, 6.45) is 0. The Kier molecular flexibility index (Phi) is 4.48. The predicted molar refractivity (Wildman–Crippen MR) is 74.4 cm³/mol. The fraction of sp³-hybridized carbons (Fsp3) is 0.333. The molecule has 1 rings (SSSR count). The monoisotopic (exact) mass is 270 g/mol. The topological polar surface area (TPSA) is 55.1 Å². The van der Waals surface area contributed by atoms with Gasteiger partial charge < -0.3 is 11.1 Å². The summed E-state index contributed by atoms with van der Waals surface area (Å²) >= 11 is 10.7. The Hall–Kier alpha value is -1.13. The van der Waals surface area contributed by atoms with Crippen molar-refractivity contribution in [3.05, 3.63) is 34.9 Å². The van der Waals surface area contributed by atoms with Crippen molar-refractivity contribution in [3.8, 4) is 0 Å². The molecule has 0 fully saturated rings. The van der Waals surface area contributed by atoms with E-state index in [4.69, 9.17) is 29.6 Å². The summed E-state index contributed by atoms with van der Waals surface area (Å²) in [5.74, 6) is -0.183. The molecule has 92 valence electrons. The quantitative estimate of drug-likeness (QED) is 0.826. The number of thiocarbonyl (C=S) groups is 1. The van der Waals surface area contributed by atoms with E-state index in [0.29, 0.717) is 22.1 Å². The predicted octanol–water partition coefficient (Wildman–Crippen LogP) is 2.38. The first-order valence-corrected chi connectivity index (χ1v) is 5.95. The van der Waals surface area contributed by atoms with Crippen LogP contribution in [0.1, 0.15) is 24.2 Å². The summed E-state index contributed by atoms with van der Waals surface area (Å²) in [6.45, 7) is 4.16. The summed E-state index contributed by atoms with van der Waals surface area (Å²) < 4.78 is 0. The second kappa shape index (κ2) is 5.47. The standard InChI is InChI=1S/C12H15ClN2OS/c1-12(2,11(14)17)7-15-10(16)8-4-3-5-9(13)6-8/h3-6H,7H2,1-2H3,(H2,14,17)(H,15,16). The number of hydrogen-bond donors (Lipinski definition) is 2. The zero-order valence-corrected chi connectivity index (χ0v) is 11.4. The van der Waals surface area contributed by atoms with E-state index in [0.717, 1.165) is 0 Å². The number of carbonyl (C=O) groups excluding carboxylic acids is 1. The van der Waals surface area contributed by atoms with E-state index in [1.54, 1.807) is 24.3 Å². The number of nitrogens with two attached hydrogens (primary N) is 1. The third kappa shape index (κ3) is 3.98. The molecule has 0 saturated carbocycles. The Labute approximate surface area is 111 Å². The molecule has 0 atom stereocenters. The van der Waals surface area contributed by atoms with E-state index in [1.807, 2.05) is 13.8 Å². The second-order valence-electron chi connectivity index (χ2n) is 4.44. The first-order valence-electron chi connectivity index (χ1n) is 5.16. The van der Waals surface area contributed by atoms with Crippen LogP contribution >= 0.6 is 23.8 Å². The fourth-order valence-electron chi connectivity index (χ4n) is 1.12. The van der Waals surface area contributed by atoms with Gasteiger partial charge in [0.25, 0.3) is 5.91 Å². The lowest BCUT2D eigenvalue weighted by atomic mass is 9.93. The van der Waals surface area contributed by atoms with E-state index in [-0.39, 0.29) is 5.91 Å². The molecule has 0 spiro atoms. The number of halogens is 1. The molecule has 0 saturated heterocycles. The van der Waals surface area contributed by atoms with Gasteiger partial charge in [0.15, 0.2) is 0 Å². The van der Waals surface area contributed by atoms with Gasteiger partial charge in [-0.15, -0.1) is 0 Å². The number of hydrogen-bond acceptors (Lipinski definition) is 2. The lowest BCUT2D eigenvalue weighted by Gasteiger charge is -2.23. The minimum absolute atomic E-state index is 0.183. The molecule has 0 aliphatic heterocycles. The third-order valence-electron chi connectivity index (χ3n) is 2.44. The molecule has 1 aromatic carbocycles. The van der Waals surface area contributed by atoms with Crippen molar-refractivity contribution in [1.82, 2.24) is 5.32 Å². The summed E-state index contributed by atoms with van der Waals surface area (Å²) in [5.41, 5.74) is 5.70. The Bertz CT molecular complexity index is 446. The van der Waals surface area contributed by atoms with E-state index >= 15 is 0 Å². The minimum Gasteiger partial charge on any atom is -0.393 e. The molecular weight excluding hydrogens is 256 g/mol. The normalized spacial score (nSPS) is 11.0. The highest BCUT2D eigenvalue weighted by atomic mass is 35.5. The molecule has 0 aromatic heterocycles. The van der Waals surface area contributed by atoms with Gasteiger partial charge in [0, 0.05) is 22.5 Å². The second-order valence-corrected chi connectivity index (χ2v) is 5.32. The number of rotatable bonds is 4. The van der Waals surface area contributed by atoms with Gasteiger partial charge in [-0.25, -0.2) is 0 Å². The molecule has 0 heterocycles. The lowest BCUT2D eigenvalue weighted by Crippen LogP contribution is -2.41. The molecule has 0 bridgehead atoms. The molecule has 1 amide bonds. The minimum atomic E-state index is -0.399. The van der Waals surface area contributed by atoms with E-state index in [9.17, 15) is 4.79 Å². The van der Waals surface area contributed by atoms with Crippen LogP contribution in [0.4, 0.5) is 0 Å². The zero-order valence-electron chi connectivity index (χ0n) is 9.79. The number of carbonyl (C=O) groups is 1. The van der Waals surface area contributed by atoms with Crippen LogP contribution in [0.15, 0.2) is 24.3 Å². The van der Waals surface area contributed by atoms with Crippen LogP contribution in [-0.4, -0.2) is 17.4 Å². The van der Waals surface area contributed by atoms with Gasteiger partial charge in [-0.2, -0.15) is 0 Å². The van der Waals surface area contributed by atoms with E-state index in [2.05, 4.69) is 5.32 Å². The van der Waals surface area contributed by atoms with Crippen LogP contribution in [0.25, 0.3) is 0 Å². The lowest BCUT2D eigenvalue weighted by molar-refractivity contribution is 0.0945. The average molecular weight is 271 g/mol. The molecule has 3 nitrogen and oxygen atoms in total. The Balaban J connectivity index is 2.65. The van der Waals surface area contributed by atoms with Crippen LogP contribution in [0.3, 0.4) is 0 Å². The van der Waals surface area contributed by atoms with Crippen molar-refractivity contribution in [2.45, 2.75) is 13.8 Å². The van der Waals surface area contributed by atoms with Gasteiger partial charge in [0.05, 0.1) is 4.99 Å². The van der Waals surface area contributed by atoms with Crippen LogP contribution in [0.2, 0.25) is 5.02 Å². The molecule has 0 unspecified atom stereocenters. The van der Waals surface area contributed by atoms with Crippen molar-refractivity contribution < 1.29 is 4.79 Å². The van der Waals surface area contributed by atoms with Crippen LogP contribution in [0.5, 0.6) is 0 Å². The molecule has 1 aromatic rings. The van der Waals surface area contributed by atoms with E-state index in [1.165, 1.54) is 0 Å². The molecule has 0 radical (unpaired) electrons. The summed E-state index contributed by atoms with van der Waals surface area (Å²) in [7, 11) is 0. The highest BCUT2D eigenvalue weighted by Crippen LogP contribution is 2.14. The van der Waals surface area contributed by atoms with Gasteiger partial charge in [0.1, 0.15) is 0 Å². The number of nitrogens with one attached hydrogen (secondary N) is 1. The molecule has 3 N–H and O–H groups in total. The first kappa shape index (κ1) is 13.9. The summed E-state index contributed by atoms with van der Waals surface area (Å²) in [4.78, 5) is 12.2. The molecular formula is C12H15ClN2OS. The van der Waals surface area contributed by atoms with Crippen molar-refractivity contribution in [2.75, 3.05) is 6.54 Å². The van der Waals surface area contributed by atoms with Gasteiger partial charge in [-0.05, 0) is 18.2 Å². The van der Waals surface area contributed by atoms with Crippen molar-refractivity contribution in [2.24, 2.45) is 11.1 Å². The first-order chi connectivity index (χ1) is 7.83. The van der Waals surface area contributed by atoms with Crippen LogP contribution < -0.4 is 11.1 Å². The van der Waals surface area contributed by atoms with Gasteiger partial charge in [-0.3, -0.25) is 4.79 Å². The van der Waals surface area contributed by atoms with Gasteiger partial charge >= 0.3 is 0 Å². The van der Waals surface area contributed by atoms with Gasteiger partial charge in [-0.1, -0.05) is 43.7 Å².